The second-order valence-corrected chi connectivity index (χ2v) is 4.80. The van der Waals surface area contributed by atoms with Gasteiger partial charge in [0, 0.05) is 0 Å². The monoisotopic (exact) mass is 236 g/mol. The van der Waals surface area contributed by atoms with Gasteiger partial charge in [0.1, 0.15) is 5.56 Å². The normalized spacial score (nSPS) is 17.1. The van der Waals surface area contributed by atoms with Crippen LogP contribution in [0.5, 0.6) is 0 Å². The zero-order valence-corrected chi connectivity index (χ0v) is 10.7. The van der Waals surface area contributed by atoms with E-state index in [2.05, 4.69) is 12.0 Å². The summed E-state index contributed by atoms with van der Waals surface area (Å²) in [4.78, 5) is 11.3. The highest BCUT2D eigenvalue weighted by atomic mass is 16.4. The summed E-state index contributed by atoms with van der Waals surface area (Å²) in [5.74, 6) is -0.153. The molecule has 0 aliphatic heterocycles. The second-order valence-electron chi connectivity index (χ2n) is 4.80. The fourth-order valence-corrected chi connectivity index (χ4v) is 2.47. The summed E-state index contributed by atoms with van der Waals surface area (Å²) in [6, 6.07) is 0.336. The number of aromatic carboxylic acids is 1. The molecule has 4 heteroatoms. The summed E-state index contributed by atoms with van der Waals surface area (Å²) in [7, 11) is 0. The molecule has 0 radical (unpaired) electrons. The Morgan fingerprint density at radius 1 is 1.47 bits per heavy atom. The van der Waals surface area contributed by atoms with Crippen molar-refractivity contribution in [2.75, 3.05) is 0 Å². The molecule has 4 nitrogen and oxygen atoms in total. The highest BCUT2D eigenvalue weighted by molar-refractivity contribution is 5.90. The van der Waals surface area contributed by atoms with Crippen LogP contribution in [0.2, 0.25) is 0 Å². The minimum atomic E-state index is -0.840. The molecule has 1 saturated carbocycles. The van der Waals surface area contributed by atoms with Crippen LogP contribution < -0.4 is 0 Å². The molecule has 0 bridgehead atoms. The first-order valence-electron chi connectivity index (χ1n) is 6.43. The smallest absolute Gasteiger partial charge is 0.339 e. The second kappa shape index (κ2) is 4.51. The molecule has 0 spiro atoms. The van der Waals surface area contributed by atoms with E-state index in [0.29, 0.717) is 23.9 Å². The average molecular weight is 236 g/mol. The van der Waals surface area contributed by atoms with E-state index < -0.39 is 5.97 Å². The van der Waals surface area contributed by atoms with Crippen LogP contribution >= 0.6 is 0 Å². The van der Waals surface area contributed by atoms with E-state index in [4.69, 9.17) is 0 Å². The predicted molar refractivity (Wildman–Crippen MR) is 65.4 cm³/mol. The van der Waals surface area contributed by atoms with Crippen molar-refractivity contribution in [1.82, 2.24) is 9.78 Å². The third kappa shape index (κ3) is 2.08. The fourth-order valence-electron chi connectivity index (χ4n) is 2.47. The van der Waals surface area contributed by atoms with E-state index in [-0.39, 0.29) is 0 Å². The third-order valence-electron chi connectivity index (χ3n) is 3.66. The first kappa shape index (κ1) is 12.1. The largest absolute Gasteiger partial charge is 0.478 e. The lowest BCUT2D eigenvalue weighted by Gasteiger charge is -2.14. The van der Waals surface area contributed by atoms with Crippen molar-refractivity contribution in [2.24, 2.45) is 5.92 Å². The molecule has 0 aromatic carbocycles. The van der Waals surface area contributed by atoms with Crippen LogP contribution in [0, 0.1) is 5.92 Å². The molecule has 17 heavy (non-hydrogen) atoms. The molecule has 1 unspecified atom stereocenters. The molecule has 1 atom stereocenters. The number of aromatic nitrogens is 2. The molecular weight excluding hydrogens is 216 g/mol. The maximum absolute atomic E-state index is 11.3. The van der Waals surface area contributed by atoms with E-state index in [0.717, 1.165) is 17.8 Å². The van der Waals surface area contributed by atoms with Gasteiger partial charge in [0.05, 0.1) is 17.4 Å². The highest BCUT2D eigenvalue weighted by Crippen LogP contribution is 2.40. The zero-order chi connectivity index (χ0) is 12.6. The minimum Gasteiger partial charge on any atom is -0.478 e. The SMILES string of the molecule is CCc1nn(C(C)C2CC2)c(CC)c1C(=O)O. The number of hydrogen-bond acceptors (Lipinski definition) is 2. The molecule has 1 aliphatic carbocycles. The molecule has 94 valence electrons. The van der Waals surface area contributed by atoms with Crippen LogP contribution in [0.25, 0.3) is 0 Å². The topological polar surface area (TPSA) is 55.1 Å². The number of aryl methyl sites for hydroxylation is 1. The Kier molecular flexibility index (Phi) is 3.22. The lowest BCUT2D eigenvalue weighted by Crippen LogP contribution is -2.13. The van der Waals surface area contributed by atoms with Gasteiger partial charge in [-0.25, -0.2) is 4.79 Å². The lowest BCUT2D eigenvalue weighted by molar-refractivity contribution is 0.0694. The van der Waals surface area contributed by atoms with Crippen molar-refractivity contribution < 1.29 is 9.90 Å². The number of nitrogens with zero attached hydrogens (tertiary/aromatic N) is 2. The summed E-state index contributed by atoms with van der Waals surface area (Å²) in [6.07, 6.45) is 3.90. The molecule has 1 heterocycles. The molecule has 0 saturated heterocycles. The van der Waals surface area contributed by atoms with Gasteiger partial charge in [-0.2, -0.15) is 5.10 Å². The number of rotatable bonds is 5. The van der Waals surface area contributed by atoms with Gasteiger partial charge < -0.3 is 5.11 Å². The molecule has 1 N–H and O–H groups in total. The van der Waals surface area contributed by atoms with E-state index >= 15 is 0 Å². The maximum Gasteiger partial charge on any atom is 0.339 e. The molecule has 2 rings (SSSR count). The summed E-state index contributed by atoms with van der Waals surface area (Å²) in [5, 5.41) is 13.8. The van der Waals surface area contributed by atoms with Crippen LogP contribution in [0.15, 0.2) is 0 Å². The summed E-state index contributed by atoms with van der Waals surface area (Å²) in [6.45, 7) is 6.11. The van der Waals surface area contributed by atoms with Crippen molar-refractivity contribution in [3.63, 3.8) is 0 Å². The van der Waals surface area contributed by atoms with E-state index in [1.54, 1.807) is 0 Å². The van der Waals surface area contributed by atoms with Crippen molar-refractivity contribution in [1.29, 1.82) is 0 Å². The fraction of sp³-hybridized carbons (Fsp3) is 0.692. The Bertz CT molecular complexity index is 433. The molecule has 1 fully saturated rings. The van der Waals surface area contributed by atoms with Crippen LogP contribution in [-0.2, 0) is 12.8 Å². The van der Waals surface area contributed by atoms with Crippen molar-refractivity contribution in [3.05, 3.63) is 17.0 Å². The van der Waals surface area contributed by atoms with Crippen molar-refractivity contribution in [2.45, 2.75) is 52.5 Å². The Labute approximate surface area is 102 Å². The van der Waals surface area contributed by atoms with Crippen LogP contribution in [0.4, 0.5) is 0 Å². The summed E-state index contributed by atoms with van der Waals surface area (Å²) < 4.78 is 1.96. The van der Waals surface area contributed by atoms with Gasteiger partial charge >= 0.3 is 5.97 Å². The van der Waals surface area contributed by atoms with E-state index in [1.807, 2.05) is 18.5 Å². The lowest BCUT2D eigenvalue weighted by atomic mass is 10.1. The van der Waals surface area contributed by atoms with Crippen molar-refractivity contribution >= 4 is 5.97 Å². The summed E-state index contributed by atoms with van der Waals surface area (Å²) >= 11 is 0. The first-order valence-corrected chi connectivity index (χ1v) is 6.43. The van der Waals surface area contributed by atoms with Gasteiger partial charge in [0.15, 0.2) is 0 Å². The minimum absolute atomic E-state index is 0.336. The molecular formula is C13H20N2O2. The van der Waals surface area contributed by atoms with Gasteiger partial charge in [0.25, 0.3) is 0 Å². The predicted octanol–water partition coefficient (Wildman–Crippen LogP) is 2.68. The summed E-state index contributed by atoms with van der Waals surface area (Å²) in [5.41, 5.74) is 2.04. The first-order chi connectivity index (χ1) is 8.10. The number of carboxylic acid groups (broad SMARTS) is 1. The molecule has 1 aliphatic rings. The van der Waals surface area contributed by atoms with Gasteiger partial charge in [-0.15, -0.1) is 0 Å². The van der Waals surface area contributed by atoms with Gasteiger partial charge in [-0.05, 0) is 38.5 Å². The van der Waals surface area contributed by atoms with Crippen LogP contribution in [0.1, 0.15) is 61.4 Å². The average Bonchev–Trinajstić information content (AvgIpc) is 3.07. The van der Waals surface area contributed by atoms with Gasteiger partial charge in [-0.3, -0.25) is 4.68 Å². The Hall–Kier alpha value is -1.32. The van der Waals surface area contributed by atoms with Crippen LogP contribution in [0.3, 0.4) is 0 Å². The Morgan fingerprint density at radius 2 is 2.12 bits per heavy atom. The molecule has 0 amide bonds. The van der Waals surface area contributed by atoms with E-state index in [1.165, 1.54) is 12.8 Å². The molecule has 1 aromatic rings. The maximum atomic E-state index is 11.3. The van der Waals surface area contributed by atoms with Gasteiger partial charge in [-0.1, -0.05) is 13.8 Å². The third-order valence-corrected chi connectivity index (χ3v) is 3.66. The number of carbonyl (C=O) groups is 1. The zero-order valence-electron chi connectivity index (χ0n) is 10.7. The van der Waals surface area contributed by atoms with Crippen LogP contribution in [-0.4, -0.2) is 20.9 Å². The van der Waals surface area contributed by atoms with Gasteiger partial charge in [0.2, 0.25) is 0 Å². The van der Waals surface area contributed by atoms with E-state index in [9.17, 15) is 9.90 Å². The number of hydrogen-bond donors (Lipinski definition) is 1. The molecule has 1 aromatic heterocycles. The Morgan fingerprint density at radius 3 is 2.53 bits per heavy atom. The Balaban J connectivity index is 2.47. The standard InChI is InChI=1S/C13H20N2O2/c1-4-10-12(13(16)17)11(5-2)15(14-10)8(3)9-6-7-9/h8-9H,4-7H2,1-3H3,(H,16,17). The van der Waals surface area contributed by atoms with Crippen molar-refractivity contribution in [3.8, 4) is 0 Å². The quantitative estimate of drug-likeness (QED) is 0.855. The highest BCUT2D eigenvalue weighted by Gasteiger charge is 2.32. The number of carboxylic acids is 1.